The molecule has 16 nitrogen and oxygen atoms in total. The van der Waals surface area contributed by atoms with E-state index in [2.05, 4.69) is 37.4 Å². The van der Waals surface area contributed by atoms with E-state index < -0.39 is 89.2 Å². The van der Waals surface area contributed by atoms with Gasteiger partial charge in [-0.15, -0.1) is 6.58 Å². The number of hydrogen-bond donors (Lipinski definition) is 4. The number of carbonyl (C=O) groups excluding carboxylic acids is 7. The highest BCUT2D eigenvalue weighted by Gasteiger charge is 2.43. The number of benzene rings is 3. The zero-order chi connectivity index (χ0) is 54.3. The fourth-order valence-electron chi connectivity index (χ4n) is 10.4. The van der Waals surface area contributed by atoms with Crippen LogP contribution in [0.2, 0.25) is 0 Å². The number of amides is 7. The first-order valence-corrected chi connectivity index (χ1v) is 26.3. The number of nitrogens with zero attached hydrogens (tertiary/aromatic N) is 5. The predicted molar refractivity (Wildman–Crippen MR) is 291 cm³/mol. The monoisotopic (exact) mass is 1020 g/mol. The summed E-state index contributed by atoms with van der Waals surface area (Å²) in [6.45, 7) is 17.6. The largest absolute Gasteiger partial charge is 0.343 e. The minimum absolute atomic E-state index is 0.00455. The van der Waals surface area contributed by atoms with Crippen LogP contribution in [0.15, 0.2) is 110 Å². The van der Waals surface area contributed by atoms with Gasteiger partial charge in [0.2, 0.25) is 41.4 Å². The van der Waals surface area contributed by atoms with Crippen LogP contribution < -0.4 is 21.3 Å². The molecular weight excluding hydrogens is 947 g/mol. The lowest BCUT2D eigenvalue weighted by molar-refractivity contribution is -0.153. The number of fused-ring (bicyclic) bond motifs is 4. The number of likely N-dealkylation sites (N-methyl/N-ethyl adjacent to an activating group) is 2. The Labute approximate surface area is 441 Å². The lowest BCUT2D eigenvalue weighted by Crippen LogP contribution is -2.62. The summed E-state index contributed by atoms with van der Waals surface area (Å²) in [5, 5.41) is 14.5. The average molecular weight is 1020 g/mol. The molecule has 4 heterocycles. The standard InChI is InChI=1S/C59H75N9O7/c1-11-59(7,8)68-35-42(44-24-17-18-25-48(44)68)32-47-57(74)66(10)50(28-36(2)3)54(71)63-46(33-43-31-40-22-15-16-23-41(40)34-60-43)52(69)61-38(6)56(73)65(9)49-26-19-27-67(58(49)75)51(29-37(4)5)55(72)62-45(53(70)64-47)30-39-20-13-12-14-21-39/h11-18,20-25,31,34-38,45-47,49-51H,1,19,26-30,32-33H2,2-10H3,(H,61,69)(H,62,72)(H,63,71)(H,64,70)/t38-,45-,46+,47-,49-,50-,51-/m0/s1. The predicted octanol–water partition coefficient (Wildman–Crippen LogP) is 5.85. The molecule has 2 bridgehead atoms. The number of hydrogen-bond acceptors (Lipinski definition) is 8. The summed E-state index contributed by atoms with van der Waals surface area (Å²) in [4.78, 5) is 113. The van der Waals surface area contributed by atoms with Crippen LogP contribution in [0.25, 0.3) is 21.7 Å². The maximum absolute atomic E-state index is 15.5. The first-order chi connectivity index (χ1) is 35.7. The molecule has 0 unspecified atom stereocenters. The van der Waals surface area contributed by atoms with Gasteiger partial charge in [-0.2, -0.15) is 0 Å². The molecule has 5 aromatic rings. The summed E-state index contributed by atoms with van der Waals surface area (Å²) in [6, 6.07) is 18.5. The summed E-state index contributed by atoms with van der Waals surface area (Å²) in [5.74, 6) is -4.23. The fourth-order valence-corrected chi connectivity index (χ4v) is 10.4. The van der Waals surface area contributed by atoms with Gasteiger partial charge in [-0.3, -0.25) is 38.5 Å². The second kappa shape index (κ2) is 23.9. The molecule has 2 aromatic heterocycles. The highest BCUT2D eigenvalue weighted by Crippen LogP contribution is 2.30. The second-order valence-corrected chi connectivity index (χ2v) is 21.8. The Hall–Kier alpha value is -7.36. The molecule has 7 amide bonds. The summed E-state index contributed by atoms with van der Waals surface area (Å²) < 4.78 is 2.07. The van der Waals surface area contributed by atoms with Gasteiger partial charge in [0.15, 0.2) is 0 Å². The van der Waals surface area contributed by atoms with Crippen molar-refractivity contribution in [2.45, 2.75) is 141 Å². The highest BCUT2D eigenvalue weighted by molar-refractivity contribution is 5.99. The van der Waals surface area contributed by atoms with E-state index in [9.17, 15) is 19.2 Å². The van der Waals surface area contributed by atoms with E-state index in [1.54, 1.807) is 6.20 Å². The van der Waals surface area contributed by atoms with Crippen LogP contribution >= 0.6 is 0 Å². The van der Waals surface area contributed by atoms with Crippen LogP contribution in [-0.4, -0.2) is 129 Å². The van der Waals surface area contributed by atoms with Crippen LogP contribution in [0.1, 0.15) is 91.0 Å². The molecule has 4 N–H and O–H groups in total. The molecule has 2 saturated heterocycles. The van der Waals surface area contributed by atoms with Crippen LogP contribution in [0.3, 0.4) is 0 Å². The van der Waals surface area contributed by atoms with E-state index in [1.165, 1.54) is 35.7 Å². The Morgan fingerprint density at radius 1 is 0.667 bits per heavy atom. The molecular formula is C59H75N9O7. The maximum Gasteiger partial charge on any atom is 0.246 e. The van der Waals surface area contributed by atoms with E-state index in [-0.39, 0.29) is 50.5 Å². The van der Waals surface area contributed by atoms with Gasteiger partial charge in [-0.25, -0.2) is 0 Å². The lowest BCUT2D eigenvalue weighted by Gasteiger charge is -2.41. The van der Waals surface area contributed by atoms with Crippen molar-refractivity contribution in [2.24, 2.45) is 11.8 Å². The van der Waals surface area contributed by atoms with Gasteiger partial charge in [-0.1, -0.05) is 107 Å². The second-order valence-electron chi connectivity index (χ2n) is 21.8. The number of para-hydroxylation sites is 1. The van der Waals surface area contributed by atoms with E-state index in [4.69, 9.17) is 0 Å². The topological polar surface area (TPSA) is 195 Å². The van der Waals surface area contributed by atoms with Crippen molar-refractivity contribution in [3.63, 3.8) is 0 Å². The van der Waals surface area contributed by atoms with Crippen molar-refractivity contribution in [3.05, 3.63) is 127 Å². The third-order valence-corrected chi connectivity index (χ3v) is 14.8. The number of rotatable bonds is 12. The zero-order valence-corrected chi connectivity index (χ0v) is 45.0. The van der Waals surface area contributed by atoms with Crippen molar-refractivity contribution in [2.75, 3.05) is 20.6 Å². The Kier molecular flexibility index (Phi) is 17.6. The minimum atomic E-state index is -1.28. The Morgan fingerprint density at radius 2 is 1.25 bits per heavy atom. The van der Waals surface area contributed by atoms with Crippen molar-refractivity contribution >= 4 is 63.0 Å². The Balaban J connectivity index is 1.36. The fraction of sp³-hybridized carbons (Fsp3) is 0.458. The Morgan fingerprint density at radius 3 is 1.93 bits per heavy atom. The molecule has 0 saturated carbocycles. The highest BCUT2D eigenvalue weighted by atomic mass is 16.2. The van der Waals surface area contributed by atoms with Crippen LogP contribution in [0.4, 0.5) is 0 Å². The van der Waals surface area contributed by atoms with Crippen molar-refractivity contribution < 1.29 is 33.6 Å². The SMILES string of the molecule is C=CC(C)(C)n1cc(C[C@@H]2NC(=O)[C@H](Cc3ccccc3)NC(=O)[C@H](CC(C)C)N3CCC[C@@H](C3=O)N(C)C(=O)[C@H](C)NC(=O)[C@@H](Cc3cc4ccccc4cn3)NC(=O)[C@H](CC(C)C)N(C)C2=O)c2ccccc21. The third-order valence-electron chi connectivity index (χ3n) is 14.8. The maximum atomic E-state index is 15.5. The first kappa shape index (κ1) is 55.4. The Bertz CT molecular complexity index is 2910. The van der Waals surface area contributed by atoms with E-state index in [1.807, 2.05) is 139 Å². The quantitative estimate of drug-likeness (QED) is 0.112. The molecule has 398 valence electrons. The molecule has 2 aliphatic heterocycles. The van der Waals surface area contributed by atoms with Crippen molar-refractivity contribution in [3.8, 4) is 0 Å². The molecule has 3 aromatic carbocycles. The summed E-state index contributed by atoms with van der Waals surface area (Å²) in [7, 11) is 3.04. The van der Waals surface area contributed by atoms with Gasteiger partial charge in [0.05, 0.1) is 5.54 Å². The summed E-state index contributed by atoms with van der Waals surface area (Å²) in [5.41, 5.74) is 2.33. The van der Waals surface area contributed by atoms with Crippen LogP contribution in [0, 0.1) is 11.8 Å². The number of aromatic nitrogens is 2. The molecule has 16 heteroatoms. The van der Waals surface area contributed by atoms with Gasteiger partial charge >= 0.3 is 0 Å². The normalized spacial score (nSPS) is 23.3. The number of piperidine rings is 1. The van der Waals surface area contributed by atoms with Gasteiger partial charge in [0.25, 0.3) is 0 Å². The molecule has 0 spiro atoms. The summed E-state index contributed by atoms with van der Waals surface area (Å²) in [6.07, 6.45) is 6.72. The van der Waals surface area contributed by atoms with Gasteiger partial charge < -0.3 is 40.5 Å². The summed E-state index contributed by atoms with van der Waals surface area (Å²) >= 11 is 0. The molecule has 2 fully saturated rings. The average Bonchev–Trinajstić information content (AvgIpc) is 3.77. The van der Waals surface area contributed by atoms with E-state index >= 15 is 14.4 Å². The molecule has 7 rings (SSSR count). The van der Waals surface area contributed by atoms with Crippen LogP contribution in [-0.2, 0) is 58.4 Å². The van der Waals surface area contributed by atoms with Gasteiger partial charge in [0.1, 0.15) is 42.3 Å². The van der Waals surface area contributed by atoms with Gasteiger partial charge in [-0.05, 0) is 86.9 Å². The van der Waals surface area contributed by atoms with Crippen LogP contribution in [0.5, 0.6) is 0 Å². The minimum Gasteiger partial charge on any atom is -0.343 e. The number of allylic oxidation sites excluding steroid dienone is 1. The smallest absolute Gasteiger partial charge is 0.246 e. The van der Waals surface area contributed by atoms with Crippen molar-refractivity contribution in [1.29, 1.82) is 0 Å². The first-order valence-electron chi connectivity index (χ1n) is 26.3. The third kappa shape index (κ3) is 12.9. The number of pyridine rings is 1. The number of carbonyl (C=O) groups is 7. The molecule has 0 radical (unpaired) electrons. The van der Waals surface area contributed by atoms with E-state index in [0.29, 0.717) is 18.5 Å². The molecule has 2 aliphatic rings. The lowest BCUT2D eigenvalue weighted by atomic mass is 9.95. The van der Waals surface area contributed by atoms with Gasteiger partial charge in [0, 0.05) is 74.3 Å². The zero-order valence-electron chi connectivity index (χ0n) is 45.0. The van der Waals surface area contributed by atoms with E-state index in [0.717, 1.165) is 32.8 Å². The molecule has 0 aliphatic carbocycles. The van der Waals surface area contributed by atoms with Crippen molar-refractivity contribution in [1.82, 2.24) is 45.5 Å². The number of nitrogens with one attached hydrogen (secondary N) is 4. The molecule has 7 atom stereocenters. The molecule has 75 heavy (non-hydrogen) atoms.